The standard InChI is InChI=1S/C25H17Cl2N3O5S2/c1-14-2-6-17(12-19(14)27)28-23(31)13-29-24(32)22(37-25(29)33)11-15-3-9-21(20(10-15)30(34)35)36-18-7-4-16(26)5-8-18/h2-12H,13H2,1H3,(H,28,31). The number of nitrogens with zero attached hydrogens (tertiary/aromatic N) is 2. The fourth-order valence-electron chi connectivity index (χ4n) is 3.29. The smallest absolute Gasteiger partial charge is 0.294 e. The number of carbonyl (C=O) groups is 3. The lowest BCUT2D eigenvalue weighted by atomic mass is 10.2. The summed E-state index contributed by atoms with van der Waals surface area (Å²) in [6.07, 6.45) is 1.40. The van der Waals surface area contributed by atoms with Crippen LogP contribution in [0, 0.1) is 17.0 Å². The second-order valence-electron chi connectivity index (χ2n) is 7.82. The summed E-state index contributed by atoms with van der Waals surface area (Å²) in [7, 11) is 0. The maximum atomic E-state index is 12.8. The number of halogens is 2. The van der Waals surface area contributed by atoms with Crippen molar-refractivity contribution < 1.29 is 19.3 Å². The minimum absolute atomic E-state index is 0.0589. The lowest BCUT2D eigenvalue weighted by molar-refractivity contribution is -0.387. The predicted octanol–water partition coefficient (Wildman–Crippen LogP) is 7.04. The molecule has 1 aliphatic heterocycles. The van der Waals surface area contributed by atoms with Gasteiger partial charge in [-0.3, -0.25) is 29.4 Å². The molecule has 0 aliphatic carbocycles. The molecule has 1 N–H and O–H groups in total. The van der Waals surface area contributed by atoms with Crippen molar-refractivity contribution in [2.75, 3.05) is 11.9 Å². The largest absolute Gasteiger partial charge is 0.324 e. The van der Waals surface area contributed by atoms with E-state index in [-0.39, 0.29) is 10.6 Å². The summed E-state index contributed by atoms with van der Waals surface area (Å²) in [6.45, 7) is 1.34. The molecule has 1 heterocycles. The molecule has 3 amide bonds. The minimum Gasteiger partial charge on any atom is -0.324 e. The van der Waals surface area contributed by atoms with Gasteiger partial charge in [0.25, 0.3) is 16.8 Å². The van der Waals surface area contributed by atoms with Crippen LogP contribution in [0.2, 0.25) is 10.0 Å². The van der Waals surface area contributed by atoms with Crippen molar-refractivity contribution >= 4 is 81.2 Å². The maximum absolute atomic E-state index is 12.8. The van der Waals surface area contributed by atoms with E-state index >= 15 is 0 Å². The first kappa shape index (κ1) is 26.7. The third-order valence-corrected chi connectivity index (χ3v) is 7.79. The molecule has 1 fully saturated rings. The molecule has 0 bridgehead atoms. The number of rotatable bonds is 7. The number of hydrogen-bond donors (Lipinski definition) is 1. The fraction of sp³-hybridized carbons (Fsp3) is 0.0800. The Hall–Kier alpha value is -3.31. The molecule has 1 saturated heterocycles. The summed E-state index contributed by atoms with van der Waals surface area (Å²) in [4.78, 5) is 50.9. The lowest BCUT2D eigenvalue weighted by Gasteiger charge is -2.13. The first-order valence-corrected chi connectivity index (χ1v) is 13.0. The van der Waals surface area contributed by atoms with E-state index in [0.717, 1.165) is 15.4 Å². The fourth-order valence-corrected chi connectivity index (χ4v) is 5.33. The van der Waals surface area contributed by atoms with E-state index in [1.165, 1.54) is 23.9 Å². The minimum atomic E-state index is -0.658. The number of nitrogens with one attached hydrogen (secondary N) is 1. The van der Waals surface area contributed by atoms with Gasteiger partial charge < -0.3 is 5.32 Å². The van der Waals surface area contributed by atoms with Crippen molar-refractivity contribution in [3.05, 3.63) is 96.9 Å². The molecule has 3 aromatic carbocycles. The summed E-state index contributed by atoms with van der Waals surface area (Å²) in [5, 5.41) is 14.7. The van der Waals surface area contributed by atoms with Crippen LogP contribution < -0.4 is 5.32 Å². The first-order valence-electron chi connectivity index (χ1n) is 10.6. The number of imide groups is 1. The Morgan fingerprint density at radius 1 is 1.11 bits per heavy atom. The summed E-state index contributed by atoms with van der Waals surface area (Å²) >= 11 is 13.8. The number of hydrogen-bond acceptors (Lipinski definition) is 7. The van der Waals surface area contributed by atoms with Crippen molar-refractivity contribution in [3.8, 4) is 0 Å². The van der Waals surface area contributed by atoms with Crippen LogP contribution in [0.1, 0.15) is 11.1 Å². The first-order chi connectivity index (χ1) is 17.6. The van der Waals surface area contributed by atoms with Crippen molar-refractivity contribution in [1.29, 1.82) is 0 Å². The molecule has 0 saturated carbocycles. The van der Waals surface area contributed by atoms with Gasteiger partial charge in [-0.15, -0.1) is 0 Å². The number of benzene rings is 3. The van der Waals surface area contributed by atoms with Crippen LogP contribution in [0.25, 0.3) is 6.08 Å². The molecule has 3 aromatic rings. The Morgan fingerprint density at radius 3 is 2.51 bits per heavy atom. The summed E-state index contributed by atoms with van der Waals surface area (Å²) in [6, 6.07) is 16.4. The molecule has 1 aliphatic rings. The van der Waals surface area contributed by atoms with Crippen molar-refractivity contribution in [2.24, 2.45) is 0 Å². The van der Waals surface area contributed by atoms with Crippen molar-refractivity contribution in [3.63, 3.8) is 0 Å². The van der Waals surface area contributed by atoms with Crippen LogP contribution in [-0.2, 0) is 9.59 Å². The van der Waals surface area contributed by atoms with Gasteiger partial charge in [-0.05, 0) is 78.4 Å². The Kier molecular flexibility index (Phi) is 8.23. The molecule has 8 nitrogen and oxygen atoms in total. The summed E-state index contributed by atoms with van der Waals surface area (Å²) in [5.41, 5.74) is 1.50. The lowest BCUT2D eigenvalue weighted by Crippen LogP contribution is -2.36. The van der Waals surface area contributed by atoms with E-state index in [9.17, 15) is 24.5 Å². The molecule has 37 heavy (non-hydrogen) atoms. The Balaban J connectivity index is 1.49. The number of nitro benzene ring substituents is 1. The molecule has 0 aromatic heterocycles. The Morgan fingerprint density at radius 2 is 1.84 bits per heavy atom. The quantitative estimate of drug-likeness (QED) is 0.183. The zero-order valence-corrected chi connectivity index (χ0v) is 22.2. The number of thioether (sulfide) groups is 1. The van der Waals surface area contributed by atoms with Crippen LogP contribution in [0.5, 0.6) is 0 Å². The zero-order valence-electron chi connectivity index (χ0n) is 19.1. The van der Waals surface area contributed by atoms with Crippen molar-refractivity contribution in [1.82, 2.24) is 4.90 Å². The Bertz CT molecular complexity index is 1460. The number of nitro groups is 1. The normalized spacial score (nSPS) is 14.4. The molecule has 0 spiro atoms. The van der Waals surface area contributed by atoms with Crippen molar-refractivity contribution in [2.45, 2.75) is 16.7 Å². The molecule has 0 radical (unpaired) electrons. The second kappa shape index (κ2) is 11.4. The average Bonchev–Trinajstić information content (AvgIpc) is 3.10. The molecular weight excluding hydrogens is 557 g/mol. The highest BCUT2D eigenvalue weighted by Crippen LogP contribution is 2.37. The van der Waals surface area contributed by atoms with E-state index in [2.05, 4.69) is 5.32 Å². The highest BCUT2D eigenvalue weighted by molar-refractivity contribution is 8.18. The third-order valence-electron chi connectivity index (χ3n) is 5.15. The number of amides is 3. The highest BCUT2D eigenvalue weighted by Gasteiger charge is 2.36. The van der Waals surface area contributed by atoms with Gasteiger partial charge in [0, 0.05) is 26.7 Å². The van der Waals surface area contributed by atoms with Crippen LogP contribution >= 0.6 is 46.7 Å². The summed E-state index contributed by atoms with van der Waals surface area (Å²) < 4.78 is 0. The van der Waals surface area contributed by atoms with Gasteiger partial charge in [-0.25, -0.2) is 0 Å². The van der Waals surface area contributed by atoms with E-state index in [4.69, 9.17) is 23.2 Å². The zero-order chi connectivity index (χ0) is 26.7. The highest BCUT2D eigenvalue weighted by atomic mass is 35.5. The monoisotopic (exact) mass is 573 g/mol. The van der Waals surface area contributed by atoms with Gasteiger partial charge in [0.1, 0.15) is 6.54 Å². The van der Waals surface area contributed by atoms with Gasteiger partial charge >= 0.3 is 0 Å². The maximum Gasteiger partial charge on any atom is 0.294 e. The van der Waals surface area contributed by atoms with Crippen LogP contribution in [0.4, 0.5) is 16.2 Å². The van der Waals surface area contributed by atoms with Crippen LogP contribution in [0.3, 0.4) is 0 Å². The average molecular weight is 574 g/mol. The van der Waals surface area contributed by atoms with E-state index < -0.39 is 28.5 Å². The Labute approximate surface area is 230 Å². The topological polar surface area (TPSA) is 110 Å². The third kappa shape index (κ3) is 6.53. The van der Waals surface area contributed by atoms with Gasteiger partial charge in [-0.1, -0.05) is 47.1 Å². The number of carbonyl (C=O) groups excluding carboxylic acids is 3. The van der Waals surface area contributed by atoms with Gasteiger partial charge in [0.15, 0.2) is 0 Å². The second-order valence-corrected chi connectivity index (χ2v) is 10.8. The molecule has 188 valence electrons. The van der Waals surface area contributed by atoms with Crippen LogP contribution in [-0.4, -0.2) is 33.4 Å². The molecule has 12 heteroatoms. The van der Waals surface area contributed by atoms with E-state index in [0.29, 0.717) is 38.0 Å². The number of anilines is 1. The molecule has 4 rings (SSSR count). The van der Waals surface area contributed by atoms with E-state index in [1.807, 2.05) is 6.92 Å². The molecule has 0 atom stereocenters. The van der Waals surface area contributed by atoms with E-state index in [1.54, 1.807) is 54.6 Å². The van der Waals surface area contributed by atoms with Crippen LogP contribution in [0.15, 0.2) is 75.4 Å². The molecular formula is C25H17Cl2N3O5S2. The number of aryl methyl sites for hydroxylation is 1. The van der Waals surface area contributed by atoms with Gasteiger partial charge in [0.2, 0.25) is 5.91 Å². The summed E-state index contributed by atoms with van der Waals surface area (Å²) in [5.74, 6) is -1.22. The molecule has 0 unspecified atom stereocenters. The van der Waals surface area contributed by atoms with Gasteiger partial charge in [-0.2, -0.15) is 0 Å². The van der Waals surface area contributed by atoms with Gasteiger partial charge in [0.05, 0.1) is 14.7 Å². The predicted molar refractivity (Wildman–Crippen MR) is 146 cm³/mol. The SMILES string of the molecule is Cc1ccc(NC(=O)CN2C(=O)SC(=Cc3ccc(Sc4ccc(Cl)cc4)c([N+](=O)[O-])c3)C2=O)cc1Cl.